The van der Waals surface area contributed by atoms with Gasteiger partial charge in [-0.25, -0.2) is 4.68 Å². The van der Waals surface area contributed by atoms with Gasteiger partial charge in [0.15, 0.2) is 0 Å². The van der Waals surface area contributed by atoms with Gasteiger partial charge in [0, 0.05) is 13.0 Å². The molecule has 0 saturated carbocycles. The van der Waals surface area contributed by atoms with E-state index in [1.807, 2.05) is 4.90 Å². The smallest absolute Gasteiger partial charge is 0.273 e. The zero-order valence-corrected chi connectivity index (χ0v) is 16.8. The zero-order chi connectivity index (χ0) is 20.5. The molecule has 6 heteroatoms. The highest BCUT2D eigenvalue weighted by Gasteiger charge is 2.29. The minimum atomic E-state index is -0.318. The van der Waals surface area contributed by atoms with Gasteiger partial charge < -0.3 is 4.90 Å². The molecule has 1 amide bonds. The molecule has 29 heavy (non-hydrogen) atoms. The maximum Gasteiger partial charge on any atom is 0.273 e. The average molecular weight is 391 g/mol. The van der Waals surface area contributed by atoms with Crippen molar-refractivity contribution in [1.82, 2.24) is 14.7 Å². The van der Waals surface area contributed by atoms with Gasteiger partial charge >= 0.3 is 0 Å². The molecule has 150 valence electrons. The molecule has 1 aromatic heterocycles. The molecule has 0 spiro atoms. The average Bonchev–Trinajstić information content (AvgIpc) is 3.19. The summed E-state index contributed by atoms with van der Waals surface area (Å²) in [6.07, 6.45) is 2.09. The minimum Gasteiger partial charge on any atom is -0.336 e. The van der Waals surface area contributed by atoms with Crippen LogP contribution in [0.3, 0.4) is 0 Å². The van der Waals surface area contributed by atoms with Crippen LogP contribution in [0.2, 0.25) is 0 Å². The van der Waals surface area contributed by atoms with E-state index in [9.17, 15) is 14.4 Å². The zero-order valence-electron chi connectivity index (χ0n) is 16.8. The lowest BCUT2D eigenvalue weighted by Crippen LogP contribution is -2.34. The van der Waals surface area contributed by atoms with Gasteiger partial charge in [0.25, 0.3) is 11.1 Å². The molecule has 2 heterocycles. The molecular weight excluding hydrogens is 366 g/mol. The van der Waals surface area contributed by atoms with Gasteiger partial charge in [0.05, 0.1) is 23.4 Å². The molecule has 1 saturated heterocycles. The molecule has 1 atom stereocenters. The highest BCUT2D eigenvalue weighted by molar-refractivity contribution is 5.80. The number of likely N-dealkylation sites (tertiary alicyclic amines) is 1. The van der Waals surface area contributed by atoms with Crippen LogP contribution in [0, 0.1) is 13.8 Å². The number of hydrogen-bond donors (Lipinski definition) is 1. The van der Waals surface area contributed by atoms with Gasteiger partial charge in [-0.2, -0.15) is 0 Å². The largest absolute Gasteiger partial charge is 0.336 e. The summed E-state index contributed by atoms with van der Waals surface area (Å²) >= 11 is 0. The van der Waals surface area contributed by atoms with E-state index >= 15 is 0 Å². The molecule has 1 aliphatic rings. The Morgan fingerprint density at radius 1 is 1.07 bits per heavy atom. The number of H-pyrrole nitrogens is 1. The molecule has 0 radical (unpaired) electrons. The van der Waals surface area contributed by atoms with Crippen LogP contribution in [0.5, 0.6) is 0 Å². The number of aromatic amines is 1. The predicted molar refractivity (Wildman–Crippen MR) is 113 cm³/mol. The Bertz CT molecular complexity index is 1170. The van der Waals surface area contributed by atoms with E-state index in [2.05, 4.69) is 37.1 Å². The number of carbonyl (C=O) groups is 1. The Labute approximate surface area is 168 Å². The molecule has 1 unspecified atom stereocenters. The van der Waals surface area contributed by atoms with Gasteiger partial charge in [-0.1, -0.05) is 41.5 Å². The summed E-state index contributed by atoms with van der Waals surface area (Å²) in [5, 5.41) is 3.34. The third kappa shape index (κ3) is 3.75. The van der Waals surface area contributed by atoms with E-state index in [0.717, 1.165) is 19.4 Å². The standard InChI is InChI=1S/C23H25N3O3/c1-15-12-16(2)14-17(13-15)20-8-5-10-25(20)21(27)9-11-26-23(29)19-7-4-3-6-18(19)22(28)24-26/h3-4,6-7,12-14,20H,5,8-11H2,1-2H3,(H,24,28). The van der Waals surface area contributed by atoms with E-state index in [4.69, 9.17) is 0 Å². The van der Waals surface area contributed by atoms with Crippen molar-refractivity contribution in [3.63, 3.8) is 0 Å². The van der Waals surface area contributed by atoms with E-state index in [0.29, 0.717) is 10.8 Å². The fraction of sp³-hybridized carbons (Fsp3) is 0.348. The molecule has 1 N–H and O–H groups in total. The summed E-state index contributed by atoms with van der Waals surface area (Å²) in [5.41, 5.74) is 2.96. The number of hydrogen-bond acceptors (Lipinski definition) is 3. The Balaban J connectivity index is 1.54. The van der Waals surface area contributed by atoms with Crippen molar-refractivity contribution in [2.75, 3.05) is 6.54 Å². The second kappa shape index (κ2) is 7.70. The fourth-order valence-corrected chi connectivity index (χ4v) is 4.37. The van der Waals surface area contributed by atoms with Gasteiger partial charge in [0.2, 0.25) is 5.91 Å². The highest BCUT2D eigenvalue weighted by Crippen LogP contribution is 2.33. The predicted octanol–water partition coefficient (Wildman–Crippen LogP) is 3.06. The van der Waals surface area contributed by atoms with Gasteiger partial charge in [-0.3, -0.25) is 19.5 Å². The van der Waals surface area contributed by atoms with E-state index in [1.54, 1.807) is 24.3 Å². The first-order valence-electron chi connectivity index (χ1n) is 10.0. The molecule has 3 aromatic rings. The number of fused-ring (bicyclic) bond motifs is 1. The van der Waals surface area contributed by atoms with Crippen molar-refractivity contribution in [3.05, 3.63) is 79.9 Å². The summed E-state index contributed by atoms with van der Waals surface area (Å²) in [5.74, 6) is 0.00701. The monoisotopic (exact) mass is 391 g/mol. The lowest BCUT2D eigenvalue weighted by Gasteiger charge is -2.26. The summed E-state index contributed by atoms with van der Waals surface area (Å²) in [6.45, 7) is 5.02. The summed E-state index contributed by atoms with van der Waals surface area (Å²) in [4.78, 5) is 39.8. The second-order valence-electron chi connectivity index (χ2n) is 7.86. The first-order valence-corrected chi connectivity index (χ1v) is 10.0. The third-order valence-corrected chi connectivity index (χ3v) is 5.63. The van der Waals surface area contributed by atoms with Crippen molar-refractivity contribution in [3.8, 4) is 0 Å². The van der Waals surface area contributed by atoms with Crippen molar-refractivity contribution >= 4 is 16.7 Å². The number of rotatable bonds is 4. The molecular formula is C23H25N3O3. The maximum absolute atomic E-state index is 13.0. The number of carbonyl (C=O) groups excluding carboxylic acids is 1. The van der Waals surface area contributed by atoms with Crippen LogP contribution in [0.4, 0.5) is 0 Å². The van der Waals surface area contributed by atoms with Gasteiger partial charge in [-0.15, -0.1) is 0 Å². The van der Waals surface area contributed by atoms with Crippen molar-refractivity contribution in [1.29, 1.82) is 0 Å². The highest BCUT2D eigenvalue weighted by atomic mass is 16.2. The Morgan fingerprint density at radius 3 is 2.48 bits per heavy atom. The normalized spacial score (nSPS) is 16.5. The molecule has 2 aromatic carbocycles. The molecule has 1 aliphatic heterocycles. The number of nitrogens with one attached hydrogen (secondary N) is 1. The van der Waals surface area contributed by atoms with Crippen molar-refractivity contribution in [2.45, 2.75) is 45.7 Å². The van der Waals surface area contributed by atoms with Crippen LogP contribution in [0.25, 0.3) is 10.8 Å². The summed E-state index contributed by atoms with van der Waals surface area (Å²) in [7, 11) is 0. The Kier molecular flexibility index (Phi) is 5.09. The van der Waals surface area contributed by atoms with E-state index in [-0.39, 0.29) is 36.0 Å². The van der Waals surface area contributed by atoms with E-state index < -0.39 is 0 Å². The van der Waals surface area contributed by atoms with Crippen LogP contribution < -0.4 is 11.1 Å². The van der Waals surface area contributed by atoms with Crippen LogP contribution >= 0.6 is 0 Å². The lowest BCUT2D eigenvalue weighted by atomic mass is 9.99. The number of amides is 1. The molecule has 1 fully saturated rings. The quantitative estimate of drug-likeness (QED) is 0.743. The fourth-order valence-electron chi connectivity index (χ4n) is 4.37. The first-order chi connectivity index (χ1) is 13.9. The van der Waals surface area contributed by atoms with Gasteiger partial charge in [-0.05, 0) is 44.4 Å². The van der Waals surface area contributed by atoms with Crippen molar-refractivity contribution < 1.29 is 4.79 Å². The maximum atomic E-state index is 13.0. The molecule has 4 rings (SSSR count). The number of benzene rings is 2. The minimum absolute atomic E-state index is 0.00701. The number of aryl methyl sites for hydroxylation is 3. The van der Waals surface area contributed by atoms with E-state index in [1.165, 1.54) is 21.4 Å². The Morgan fingerprint density at radius 2 is 1.76 bits per heavy atom. The van der Waals surface area contributed by atoms with Crippen LogP contribution in [0.15, 0.2) is 52.1 Å². The first kappa shape index (κ1) is 19.2. The molecule has 0 aliphatic carbocycles. The second-order valence-corrected chi connectivity index (χ2v) is 7.86. The molecule has 0 bridgehead atoms. The van der Waals surface area contributed by atoms with Gasteiger partial charge in [0.1, 0.15) is 0 Å². The van der Waals surface area contributed by atoms with Crippen molar-refractivity contribution in [2.24, 2.45) is 0 Å². The molecule has 6 nitrogen and oxygen atoms in total. The topological polar surface area (TPSA) is 75.2 Å². The van der Waals surface area contributed by atoms with Crippen LogP contribution in [-0.4, -0.2) is 27.1 Å². The van der Waals surface area contributed by atoms with Crippen LogP contribution in [-0.2, 0) is 11.3 Å². The summed E-state index contributed by atoms with van der Waals surface area (Å²) in [6, 6.07) is 13.2. The summed E-state index contributed by atoms with van der Waals surface area (Å²) < 4.78 is 1.25. The Hall–Kier alpha value is -3.15. The third-order valence-electron chi connectivity index (χ3n) is 5.63. The lowest BCUT2D eigenvalue weighted by molar-refractivity contribution is -0.132. The number of nitrogens with zero attached hydrogens (tertiary/aromatic N) is 2. The van der Waals surface area contributed by atoms with Crippen LogP contribution in [0.1, 0.15) is 42.0 Å². The SMILES string of the molecule is Cc1cc(C)cc(C2CCCN2C(=O)CCn2[nH]c(=O)c3ccccc3c2=O)c1. The number of aromatic nitrogens is 2.